The highest BCUT2D eigenvalue weighted by Crippen LogP contribution is 2.34. The Kier molecular flexibility index (Phi) is 5.48. The van der Waals surface area contributed by atoms with Gasteiger partial charge in [-0.2, -0.15) is 0 Å². The Morgan fingerprint density at radius 1 is 1.33 bits per heavy atom. The monoisotopic (exact) mass is 269 g/mol. The van der Waals surface area contributed by atoms with E-state index in [-0.39, 0.29) is 5.41 Å². The molecule has 2 nitrogen and oxygen atoms in total. The Balaban J connectivity index is 2.77. The summed E-state index contributed by atoms with van der Waals surface area (Å²) in [6.45, 7) is 9.76. The van der Waals surface area contributed by atoms with Gasteiger partial charge in [0, 0.05) is 11.1 Å². The van der Waals surface area contributed by atoms with Crippen molar-refractivity contribution in [3.63, 3.8) is 0 Å². The maximum Gasteiger partial charge on any atom is 0.120 e. The fraction of sp³-hybridized carbons (Fsp3) is 0.600. The average molecular weight is 270 g/mol. The molecular weight excluding hydrogens is 246 g/mol. The minimum Gasteiger partial charge on any atom is -0.497 e. The number of nitrogens with one attached hydrogen (secondary N) is 1. The van der Waals surface area contributed by atoms with E-state index in [0.717, 1.165) is 23.7 Å². The van der Waals surface area contributed by atoms with Crippen LogP contribution < -0.4 is 10.1 Å². The van der Waals surface area contributed by atoms with Crippen molar-refractivity contribution in [3.8, 4) is 5.75 Å². The molecule has 102 valence electrons. The molecule has 0 amide bonds. The number of hydrogen-bond donors (Lipinski definition) is 1. The summed E-state index contributed by atoms with van der Waals surface area (Å²) in [6.07, 6.45) is 1.05. The van der Waals surface area contributed by atoms with Crippen molar-refractivity contribution in [2.45, 2.75) is 45.6 Å². The minimum atomic E-state index is 0.0608. The summed E-state index contributed by atoms with van der Waals surface area (Å²) < 4.78 is 5.18. The van der Waals surface area contributed by atoms with Crippen LogP contribution in [0.5, 0.6) is 5.75 Å². The molecule has 1 N–H and O–H groups in total. The topological polar surface area (TPSA) is 21.3 Å². The van der Waals surface area contributed by atoms with Crippen molar-refractivity contribution in [2.75, 3.05) is 13.7 Å². The number of halogens is 1. The van der Waals surface area contributed by atoms with Crippen LogP contribution in [0, 0.1) is 0 Å². The van der Waals surface area contributed by atoms with Gasteiger partial charge >= 0.3 is 0 Å². The molecule has 0 atom stereocenters. The van der Waals surface area contributed by atoms with E-state index >= 15 is 0 Å². The van der Waals surface area contributed by atoms with Gasteiger partial charge in [0.05, 0.1) is 7.11 Å². The first-order valence-corrected chi connectivity index (χ1v) is 6.82. The fourth-order valence-corrected chi connectivity index (χ4v) is 2.41. The summed E-state index contributed by atoms with van der Waals surface area (Å²) >= 11 is 6.33. The highest BCUT2D eigenvalue weighted by Gasteiger charge is 2.23. The number of benzene rings is 1. The Morgan fingerprint density at radius 3 is 2.50 bits per heavy atom. The van der Waals surface area contributed by atoms with Gasteiger partial charge in [-0.3, -0.25) is 0 Å². The maximum absolute atomic E-state index is 6.33. The van der Waals surface area contributed by atoms with Crippen LogP contribution in [-0.2, 0) is 5.41 Å². The van der Waals surface area contributed by atoms with Gasteiger partial charge in [-0.15, -0.1) is 0 Å². The lowest BCUT2D eigenvalue weighted by molar-refractivity contribution is 0.412. The van der Waals surface area contributed by atoms with Gasteiger partial charge in [0.2, 0.25) is 0 Å². The molecular formula is C15H24ClNO. The van der Waals surface area contributed by atoms with Crippen LogP contribution in [0.15, 0.2) is 18.2 Å². The normalized spacial score (nSPS) is 11.9. The van der Waals surface area contributed by atoms with E-state index in [1.165, 1.54) is 5.56 Å². The van der Waals surface area contributed by atoms with Gasteiger partial charge in [0.25, 0.3) is 0 Å². The smallest absolute Gasteiger partial charge is 0.120 e. The van der Waals surface area contributed by atoms with E-state index in [0.29, 0.717) is 6.04 Å². The lowest BCUT2D eigenvalue weighted by Crippen LogP contribution is -2.29. The third-order valence-corrected chi connectivity index (χ3v) is 3.52. The van der Waals surface area contributed by atoms with Crippen molar-refractivity contribution in [1.82, 2.24) is 5.32 Å². The zero-order chi connectivity index (χ0) is 13.8. The van der Waals surface area contributed by atoms with Gasteiger partial charge in [0.1, 0.15) is 5.75 Å². The molecule has 0 aliphatic carbocycles. The van der Waals surface area contributed by atoms with Crippen LogP contribution in [0.2, 0.25) is 5.02 Å². The van der Waals surface area contributed by atoms with Crippen molar-refractivity contribution in [3.05, 3.63) is 28.8 Å². The lowest BCUT2D eigenvalue weighted by atomic mass is 9.81. The Morgan fingerprint density at radius 2 is 2.00 bits per heavy atom. The standard InChI is InChI=1S/C15H24ClNO/c1-11(2)17-9-8-15(3,4)13-7-6-12(18-5)10-14(13)16/h6-7,10-11,17H,8-9H2,1-5H3. The predicted octanol–water partition coefficient (Wildman–Crippen LogP) is 4.01. The number of hydrogen-bond acceptors (Lipinski definition) is 2. The third kappa shape index (κ3) is 4.18. The largest absolute Gasteiger partial charge is 0.497 e. The Hall–Kier alpha value is -0.730. The average Bonchev–Trinajstić information content (AvgIpc) is 2.27. The maximum atomic E-state index is 6.33. The quantitative estimate of drug-likeness (QED) is 0.842. The summed E-state index contributed by atoms with van der Waals surface area (Å²) in [4.78, 5) is 0. The van der Waals surface area contributed by atoms with Gasteiger partial charge < -0.3 is 10.1 Å². The van der Waals surface area contributed by atoms with Gasteiger partial charge in [-0.25, -0.2) is 0 Å². The second-order valence-corrected chi connectivity index (χ2v) is 6.00. The molecule has 0 aliphatic heterocycles. The van der Waals surface area contributed by atoms with E-state index in [1.54, 1.807) is 7.11 Å². The van der Waals surface area contributed by atoms with E-state index in [2.05, 4.69) is 39.1 Å². The molecule has 0 aromatic heterocycles. The minimum absolute atomic E-state index is 0.0608. The molecule has 1 rings (SSSR count). The molecule has 0 saturated carbocycles. The van der Waals surface area contributed by atoms with E-state index < -0.39 is 0 Å². The first kappa shape index (κ1) is 15.3. The second kappa shape index (κ2) is 6.44. The van der Waals surface area contributed by atoms with E-state index in [1.807, 2.05) is 12.1 Å². The Bertz CT molecular complexity index is 388. The SMILES string of the molecule is COc1ccc(C(C)(C)CCNC(C)C)c(Cl)c1. The predicted molar refractivity (Wildman–Crippen MR) is 78.8 cm³/mol. The highest BCUT2D eigenvalue weighted by atomic mass is 35.5. The van der Waals surface area contributed by atoms with Crippen molar-refractivity contribution in [2.24, 2.45) is 0 Å². The van der Waals surface area contributed by atoms with E-state index in [9.17, 15) is 0 Å². The van der Waals surface area contributed by atoms with Crippen LogP contribution >= 0.6 is 11.6 Å². The van der Waals surface area contributed by atoms with Crippen molar-refractivity contribution >= 4 is 11.6 Å². The van der Waals surface area contributed by atoms with Gasteiger partial charge in [-0.1, -0.05) is 45.4 Å². The van der Waals surface area contributed by atoms with Crippen LogP contribution in [-0.4, -0.2) is 19.7 Å². The molecule has 0 fully saturated rings. The van der Waals surface area contributed by atoms with Crippen molar-refractivity contribution < 1.29 is 4.74 Å². The summed E-state index contributed by atoms with van der Waals surface area (Å²) in [5, 5.41) is 4.23. The Labute approximate surface area is 116 Å². The van der Waals surface area contributed by atoms with Gasteiger partial charge in [0.15, 0.2) is 0 Å². The lowest BCUT2D eigenvalue weighted by Gasteiger charge is -2.27. The molecule has 3 heteroatoms. The molecule has 0 saturated heterocycles. The molecule has 0 heterocycles. The molecule has 0 bridgehead atoms. The molecule has 1 aromatic carbocycles. The summed E-state index contributed by atoms with van der Waals surface area (Å²) in [5.41, 5.74) is 1.24. The zero-order valence-corrected chi connectivity index (χ0v) is 12.8. The molecule has 0 radical (unpaired) electrons. The van der Waals surface area contributed by atoms with Crippen molar-refractivity contribution in [1.29, 1.82) is 0 Å². The summed E-state index contributed by atoms with van der Waals surface area (Å²) in [6, 6.07) is 6.44. The molecule has 18 heavy (non-hydrogen) atoms. The number of methoxy groups -OCH3 is 1. The molecule has 1 aromatic rings. The number of rotatable bonds is 6. The second-order valence-electron chi connectivity index (χ2n) is 5.59. The summed E-state index contributed by atoms with van der Waals surface area (Å²) in [5.74, 6) is 0.805. The molecule has 0 aliphatic rings. The van der Waals surface area contributed by atoms with Crippen LogP contribution in [0.1, 0.15) is 39.7 Å². The fourth-order valence-electron chi connectivity index (χ4n) is 1.98. The third-order valence-electron chi connectivity index (χ3n) is 3.21. The molecule has 0 spiro atoms. The van der Waals surface area contributed by atoms with Gasteiger partial charge in [-0.05, 0) is 36.1 Å². The van der Waals surface area contributed by atoms with Crippen LogP contribution in [0.25, 0.3) is 0 Å². The summed E-state index contributed by atoms with van der Waals surface area (Å²) in [7, 11) is 1.66. The highest BCUT2D eigenvalue weighted by molar-refractivity contribution is 6.31. The van der Waals surface area contributed by atoms with E-state index in [4.69, 9.17) is 16.3 Å². The molecule has 0 unspecified atom stereocenters. The van der Waals surface area contributed by atoms with Crippen LogP contribution in [0.4, 0.5) is 0 Å². The first-order valence-electron chi connectivity index (χ1n) is 6.44. The zero-order valence-electron chi connectivity index (χ0n) is 12.0. The first-order chi connectivity index (χ1) is 8.36. The van der Waals surface area contributed by atoms with Crippen LogP contribution in [0.3, 0.4) is 0 Å². The number of ether oxygens (including phenoxy) is 1.